The number of carbonyl (C=O) groups excluding carboxylic acids is 1. The monoisotopic (exact) mass is 216 g/mol. The van der Waals surface area contributed by atoms with E-state index < -0.39 is 0 Å². The van der Waals surface area contributed by atoms with Gasteiger partial charge in [0.15, 0.2) is 0 Å². The van der Waals surface area contributed by atoms with Crippen LogP contribution in [0.2, 0.25) is 0 Å². The Kier molecular flexibility index (Phi) is 2.21. The third-order valence-electron chi connectivity index (χ3n) is 3.56. The molecule has 16 heavy (non-hydrogen) atoms. The van der Waals surface area contributed by atoms with Crippen molar-refractivity contribution in [1.29, 1.82) is 0 Å². The van der Waals surface area contributed by atoms with E-state index >= 15 is 0 Å². The van der Waals surface area contributed by atoms with Crippen LogP contribution in [-0.2, 0) is 0 Å². The van der Waals surface area contributed by atoms with E-state index in [0.717, 1.165) is 17.7 Å². The fourth-order valence-corrected chi connectivity index (χ4v) is 2.49. The van der Waals surface area contributed by atoms with E-state index in [4.69, 9.17) is 5.73 Å². The summed E-state index contributed by atoms with van der Waals surface area (Å²) in [5.74, 6) is 0.880. The van der Waals surface area contributed by atoms with Gasteiger partial charge in [0.1, 0.15) is 0 Å². The summed E-state index contributed by atoms with van der Waals surface area (Å²) in [6.07, 6.45) is 2.52. The molecule has 1 saturated carbocycles. The summed E-state index contributed by atoms with van der Waals surface area (Å²) < 4.78 is 0. The molecule has 0 aromatic heterocycles. The number of rotatable bonds is 3. The van der Waals surface area contributed by atoms with Gasteiger partial charge in [0.25, 0.3) is 5.91 Å². The molecule has 0 spiro atoms. The quantitative estimate of drug-likeness (QED) is 0.833. The summed E-state index contributed by atoms with van der Waals surface area (Å²) in [6, 6.07) is 7.94. The lowest BCUT2D eigenvalue weighted by Crippen LogP contribution is -2.33. The molecule has 1 aromatic carbocycles. The second-order valence-corrected chi connectivity index (χ2v) is 4.74. The summed E-state index contributed by atoms with van der Waals surface area (Å²) in [7, 11) is 0. The van der Waals surface area contributed by atoms with Crippen LogP contribution >= 0.6 is 0 Å². The van der Waals surface area contributed by atoms with E-state index in [-0.39, 0.29) is 11.9 Å². The first kappa shape index (κ1) is 9.85. The van der Waals surface area contributed by atoms with E-state index in [1.54, 1.807) is 0 Å². The van der Waals surface area contributed by atoms with Crippen LogP contribution in [0.3, 0.4) is 0 Å². The zero-order valence-corrected chi connectivity index (χ0v) is 9.23. The summed E-state index contributed by atoms with van der Waals surface area (Å²) >= 11 is 0. The van der Waals surface area contributed by atoms with Gasteiger partial charge < -0.3 is 10.6 Å². The molecule has 1 aliphatic carbocycles. The first-order chi connectivity index (χ1) is 7.81. The van der Waals surface area contributed by atoms with Crippen LogP contribution in [0.1, 0.15) is 34.8 Å². The maximum atomic E-state index is 12.2. The smallest absolute Gasteiger partial charge is 0.254 e. The van der Waals surface area contributed by atoms with Crippen molar-refractivity contribution in [3.63, 3.8) is 0 Å². The van der Waals surface area contributed by atoms with Gasteiger partial charge in [0.05, 0.1) is 6.04 Å². The Balaban J connectivity index is 1.94. The summed E-state index contributed by atoms with van der Waals surface area (Å²) in [5, 5.41) is 0. The molecule has 1 fully saturated rings. The lowest BCUT2D eigenvalue weighted by atomic mass is 10.1. The van der Waals surface area contributed by atoms with Crippen LogP contribution in [0.4, 0.5) is 0 Å². The molecule has 84 valence electrons. The zero-order valence-electron chi connectivity index (χ0n) is 9.23. The van der Waals surface area contributed by atoms with Crippen LogP contribution in [0.25, 0.3) is 0 Å². The van der Waals surface area contributed by atoms with Crippen molar-refractivity contribution in [1.82, 2.24) is 4.90 Å². The van der Waals surface area contributed by atoms with Gasteiger partial charge in [-0.15, -0.1) is 0 Å². The van der Waals surface area contributed by atoms with Gasteiger partial charge in [-0.25, -0.2) is 0 Å². The van der Waals surface area contributed by atoms with Gasteiger partial charge in [-0.2, -0.15) is 0 Å². The van der Waals surface area contributed by atoms with Crippen molar-refractivity contribution < 1.29 is 4.79 Å². The van der Waals surface area contributed by atoms with E-state index in [1.807, 2.05) is 29.2 Å². The van der Waals surface area contributed by atoms with E-state index in [0.29, 0.717) is 12.5 Å². The standard InChI is InChI=1S/C13H16N2O/c14-7-12-10-3-1-2-4-11(10)13(16)15(12)8-9-5-6-9/h1-4,9,12H,5-8,14H2. The van der Waals surface area contributed by atoms with Gasteiger partial charge in [-0.3, -0.25) is 4.79 Å². The number of benzene rings is 1. The van der Waals surface area contributed by atoms with Crippen LogP contribution < -0.4 is 5.73 Å². The second kappa shape index (κ2) is 3.59. The molecule has 0 saturated heterocycles. The molecule has 2 N–H and O–H groups in total. The summed E-state index contributed by atoms with van der Waals surface area (Å²) in [6.45, 7) is 1.41. The van der Waals surface area contributed by atoms with Crippen molar-refractivity contribution in [2.45, 2.75) is 18.9 Å². The molecule has 1 aromatic rings. The number of carbonyl (C=O) groups is 1. The highest BCUT2D eigenvalue weighted by molar-refractivity contribution is 5.99. The van der Waals surface area contributed by atoms with Gasteiger partial charge in [0.2, 0.25) is 0 Å². The van der Waals surface area contributed by atoms with E-state index in [1.165, 1.54) is 12.8 Å². The maximum absolute atomic E-state index is 12.2. The molecule has 1 unspecified atom stereocenters. The SMILES string of the molecule is NCC1c2ccccc2C(=O)N1CC1CC1. The Morgan fingerprint density at radius 3 is 2.75 bits per heavy atom. The Labute approximate surface area is 95.2 Å². The Morgan fingerprint density at radius 1 is 1.31 bits per heavy atom. The molecule has 2 aliphatic rings. The Bertz CT molecular complexity index is 426. The summed E-state index contributed by atoms with van der Waals surface area (Å²) in [4.78, 5) is 14.2. The number of fused-ring (bicyclic) bond motifs is 1. The van der Waals surface area contributed by atoms with Gasteiger partial charge in [-0.05, 0) is 30.4 Å². The number of nitrogens with zero attached hydrogens (tertiary/aromatic N) is 1. The van der Waals surface area contributed by atoms with E-state index in [2.05, 4.69) is 0 Å². The predicted octanol–water partition coefficient (Wildman–Crippen LogP) is 1.55. The van der Waals surface area contributed by atoms with Crippen molar-refractivity contribution in [3.8, 4) is 0 Å². The minimum Gasteiger partial charge on any atom is -0.330 e. The molecule has 1 amide bonds. The van der Waals surface area contributed by atoms with Gasteiger partial charge in [0, 0.05) is 18.7 Å². The molecule has 1 heterocycles. The fraction of sp³-hybridized carbons (Fsp3) is 0.462. The van der Waals surface area contributed by atoms with Crippen molar-refractivity contribution in [3.05, 3.63) is 35.4 Å². The van der Waals surface area contributed by atoms with Crippen molar-refractivity contribution >= 4 is 5.91 Å². The highest BCUT2D eigenvalue weighted by Gasteiger charge is 2.38. The first-order valence-electron chi connectivity index (χ1n) is 5.91. The Hall–Kier alpha value is -1.35. The maximum Gasteiger partial charge on any atom is 0.254 e. The highest BCUT2D eigenvalue weighted by Crippen LogP contribution is 2.37. The number of hydrogen-bond acceptors (Lipinski definition) is 2. The molecule has 3 rings (SSSR count). The predicted molar refractivity (Wildman–Crippen MR) is 62.0 cm³/mol. The van der Waals surface area contributed by atoms with Crippen molar-refractivity contribution in [2.75, 3.05) is 13.1 Å². The number of nitrogens with two attached hydrogens (primary N) is 1. The van der Waals surface area contributed by atoms with Crippen LogP contribution in [0, 0.1) is 5.92 Å². The third-order valence-corrected chi connectivity index (χ3v) is 3.56. The largest absolute Gasteiger partial charge is 0.330 e. The van der Waals surface area contributed by atoms with E-state index in [9.17, 15) is 4.79 Å². The highest BCUT2D eigenvalue weighted by atomic mass is 16.2. The van der Waals surface area contributed by atoms with Crippen LogP contribution in [0.5, 0.6) is 0 Å². The first-order valence-corrected chi connectivity index (χ1v) is 5.91. The molecule has 0 radical (unpaired) electrons. The lowest BCUT2D eigenvalue weighted by Gasteiger charge is -2.23. The average molecular weight is 216 g/mol. The molecular formula is C13H16N2O. The lowest BCUT2D eigenvalue weighted by molar-refractivity contribution is 0.0721. The number of hydrogen-bond donors (Lipinski definition) is 1. The molecular weight excluding hydrogens is 200 g/mol. The topological polar surface area (TPSA) is 46.3 Å². The zero-order chi connectivity index (χ0) is 11.1. The summed E-state index contributed by atoms with van der Waals surface area (Å²) in [5.41, 5.74) is 7.76. The minimum atomic E-state index is 0.101. The van der Waals surface area contributed by atoms with Crippen LogP contribution in [-0.4, -0.2) is 23.9 Å². The number of amides is 1. The van der Waals surface area contributed by atoms with Gasteiger partial charge in [-0.1, -0.05) is 18.2 Å². The normalized spacial score (nSPS) is 23.7. The second-order valence-electron chi connectivity index (χ2n) is 4.74. The molecule has 3 heteroatoms. The molecule has 0 bridgehead atoms. The molecule has 1 atom stereocenters. The van der Waals surface area contributed by atoms with Crippen molar-refractivity contribution in [2.24, 2.45) is 11.7 Å². The molecule has 1 aliphatic heterocycles. The molecule has 3 nitrogen and oxygen atoms in total. The van der Waals surface area contributed by atoms with Gasteiger partial charge >= 0.3 is 0 Å². The fourth-order valence-electron chi connectivity index (χ4n) is 2.49. The minimum absolute atomic E-state index is 0.101. The Morgan fingerprint density at radius 2 is 2.06 bits per heavy atom. The average Bonchev–Trinajstić information content (AvgIpc) is 3.08. The third kappa shape index (κ3) is 1.43. The van der Waals surface area contributed by atoms with Crippen LogP contribution in [0.15, 0.2) is 24.3 Å².